The zero-order chi connectivity index (χ0) is 25.8. The molecule has 11 heteroatoms. The second-order valence-corrected chi connectivity index (χ2v) is 9.70. The summed E-state index contributed by atoms with van der Waals surface area (Å²) in [6, 6.07) is 16.0. The maximum absolute atomic E-state index is 13.0. The molecule has 0 radical (unpaired) electrons. The lowest BCUT2D eigenvalue weighted by Gasteiger charge is -2.27. The summed E-state index contributed by atoms with van der Waals surface area (Å²) in [4.78, 5) is 14.4. The van der Waals surface area contributed by atoms with E-state index in [1.165, 1.54) is 24.3 Å². The van der Waals surface area contributed by atoms with Crippen LogP contribution in [-0.2, 0) is 16.2 Å². The fourth-order valence-corrected chi connectivity index (χ4v) is 4.23. The van der Waals surface area contributed by atoms with Gasteiger partial charge in [-0.15, -0.1) is 0 Å². The Morgan fingerprint density at radius 2 is 1.54 bits per heavy atom. The average molecular weight is 507 g/mol. The van der Waals surface area contributed by atoms with Gasteiger partial charge in [0.25, 0.3) is 10.0 Å². The highest BCUT2D eigenvalue weighted by Crippen LogP contribution is 2.32. The van der Waals surface area contributed by atoms with E-state index < -0.39 is 27.8 Å². The molecule has 0 heterocycles. The highest BCUT2D eigenvalue weighted by atomic mass is 32.2. The van der Waals surface area contributed by atoms with Crippen molar-refractivity contribution in [2.24, 2.45) is 0 Å². The molecule has 0 bridgehead atoms. The number of anilines is 4. The molecule has 3 aromatic rings. The molecule has 0 saturated carbocycles. The fraction of sp³-hybridized carbons (Fsp3) is 0.208. The highest BCUT2D eigenvalue weighted by molar-refractivity contribution is 7.92. The van der Waals surface area contributed by atoms with Crippen LogP contribution in [0.3, 0.4) is 0 Å². The number of carbonyl (C=O) groups excluding carboxylic acids is 1. The minimum atomic E-state index is -4.56. The van der Waals surface area contributed by atoms with Gasteiger partial charge in [-0.3, -0.25) is 4.72 Å². The van der Waals surface area contributed by atoms with Crippen LogP contribution in [-0.4, -0.2) is 27.5 Å². The Labute approximate surface area is 202 Å². The van der Waals surface area contributed by atoms with Gasteiger partial charge in [-0.05, 0) is 62.4 Å². The van der Waals surface area contributed by atoms with E-state index in [0.29, 0.717) is 11.4 Å². The number of alkyl halides is 3. The van der Waals surface area contributed by atoms with Gasteiger partial charge in [0.2, 0.25) is 0 Å². The zero-order valence-electron chi connectivity index (χ0n) is 19.2. The molecule has 0 fully saturated rings. The predicted octanol–water partition coefficient (Wildman–Crippen LogP) is 5.99. The van der Waals surface area contributed by atoms with Crippen molar-refractivity contribution in [1.29, 1.82) is 0 Å². The van der Waals surface area contributed by atoms with Crippen LogP contribution in [0.25, 0.3) is 0 Å². The standard InChI is InChI=1S/C24H25F3N4O3S/c1-16(2)31(3)22-13-12-20(35(33,34)30-18-9-5-4-6-10-18)15-21(22)29-23(32)28-19-11-7-8-17(14-19)24(25,26)27/h4-16,30H,1-3H3,(H2,28,29,32). The lowest BCUT2D eigenvalue weighted by Crippen LogP contribution is -2.28. The van der Waals surface area contributed by atoms with E-state index in [-0.39, 0.29) is 22.3 Å². The number of nitrogens with zero attached hydrogens (tertiary/aromatic N) is 1. The van der Waals surface area contributed by atoms with E-state index in [2.05, 4.69) is 15.4 Å². The molecule has 0 saturated heterocycles. The summed E-state index contributed by atoms with van der Waals surface area (Å²) in [5.41, 5.74) is 0.0911. The molecule has 7 nitrogen and oxygen atoms in total. The largest absolute Gasteiger partial charge is 0.416 e. The van der Waals surface area contributed by atoms with Crippen LogP contribution in [0.15, 0.2) is 77.7 Å². The molecular formula is C24H25F3N4O3S. The molecule has 2 amide bonds. The summed E-state index contributed by atoms with van der Waals surface area (Å²) in [5.74, 6) is 0. The summed E-state index contributed by atoms with van der Waals surface area (Å²) < 4.78 is 67.3. The zero-order valence-corrected chi connectivity index (χ0v) is 20.0. The van der Waals surface area contributed by atoms with Crippen molar-refractivity contribution in [3.05, 3.63) is 78.4 Å². The van der Waals surface area contributed by atoms with Gasteiger partial charge in [-0.25, -0.2) is 13.2 Å². The van der Waals surface area contributed by atoms with Gasteiger partial charge in [0.05, 0.1) is 21.8 Å². The summed E-state index contributed by atoms with van der Waals surface area (Å²) in [7, 11) is -2.21. The van der Waals surface area contributed by atoms with Crippen LogP contribution >= 0.6 is 0 Å². The lowest BCUT2D eigenvalue weighted by molar-refractivity contribution is -0.137. The number of halogens is 3. The number of benzene rings is 3. The number of urea groups is 1. The topological polar surface area (TPSA) is 90.5 Å². The van der Waals surface area contributed by atoms with E-state index in [0.717, 1.165) is 12.1 Å². The number of rotatable bonds is 7. The van der Waals surface area contributed by atoms with Crippen molar-refractivity contribution in [3.63, 3.8) is 0 Å². The Bertz CT molecular complexity index is 1300. The van der Waals surface area contributed by atoms with Crippen LogP contribution in [0.4, 0.5) is 40.7 Å². The van der Waals surface area contributed by atoms with E-state index in [1.807, 2.05) is 18.7 Å². The van der Waals surface area contributed by atoms with Crippen molar-refractivity contribution in [1.82, 2.24) is 0 Å². The third-order valence-electron chi connectivity index (χ3n) is 5.15. The Balaban J connectivity index is 1.90. The second kappa shape index (κ2) is 10.3. The number of carbonyl (C=O) groups is 1. The number of para-hydroxylation sites is 1. The molecule has 0 aliphatic carbocycles. The molecule has 186 valence electrons. The number of hydrogen-bond acceptors (Lipinski definition) is 4. The summed E-state index contributed by atoms with van der Waals surface area (Å²) in [5, 5.41) is 4.93. The molecule has 0 aliphatic rings. The van der Waals surface area contributed by atoms with Crippen LogP contribution in [0.1, 0.15) is 19.4 Å². The van der Waals surface area contributed by atoms with E-state index in [9.17, 15) is 26.4 Å². The minimum Gasteiger partial charge on any atom is -0.370 e. The first-order chi connectivity index (χ1) is 16.4. The van der Waals surface area contributed by atoms with Crippen molar-refractivity contribution >= 4 is 38.8 Å². The van der Waals surface area contributed by atoms with Gasteiger partial charge in [0, 0.05) is 24.5 Å². The summed E-state index contributed by atoms with van der Waals surface area (Å²) in [6.07, 6.45) is -4.56. The Morgan fingerprint density at radius 3 is 2.17 bits per heavy atom. The summed E-state index contributed by atoms with van der Waals surface area (Å²) >= 11 is 0. The first-order valence-corrected chi connectivity index (χ1v) is 12.0. The van der Waals surface area contributed by atoms with Crippen molar-refractivity contribution in [2.45, 2.75) is 31.0 Å². The maximum Gasteiger partial charge on any atom is 0.416 e. The Kier molecular flexibility index (Phi) is 7.59. The number of sulfonamides is 1. The Morgan fingerprint density at radius 1 is 0.886 bits per heavy atom. The van der Waals surface area contributed by atoms with Crippen molar-refractivity contribution in [2.75, 3.05) is 27.3 Å². The van der Waals surface area contributed by atoms with Crippen LogP contribution < -0.4 is 20.3 Å². The predicted molar refractivity (Wildman–Crippen MR) is 131 cm³/mol. The quantitative estimate of drug-likeness (QED) is 0.367. The number of amides is 2. The number of hydrogen-bond donors (Lipinski definition) is 3. The van der Waals surface area contributed by atoms with Gasteiger partial charge in [0.15, 0.2) is 0 Å². The molecule has 35 heavy (non-hydrogen) atoms. The maximum atomic E-state index is 13.0. The van der Waals surface area contributed by atoms with Crippen molar-refractivity contribution in [3.8, 4) is 0 Å². The first-order valence-electron chi connectivity index (χ1n) is 10.6. The molecule has 0 unspecified atom stereocenters. The van der Waals surface area contributed by atoms with Gasteiger partial charge in [-0.2, -0.15) is 13.2 Å². The van der Waals surface area contributed by atoms with Crippen LogP contribution in [0, 0.1) is 0 Å². The molecule has 3 aromatic carbocycles. The molecule has 0 aliphatic heterocycles. The normalized spacial score (nSPS) is 11.7. The number of nitrogens with one attached hydrogen (secondary N) is 3. The molecule has 0 atom stereocenters. The Hall–Kier alpha value is -3.73. The van der Waals surface area contributed by atoms with Crippen molar-refractivity contribution < 1.29 is 26.4 Å². The van der Waals surface area contributed by atoms with E-state index in [4.69, 9.17) is 0 Å². The lowest BCUT2D eigenvalue weighted by atomic mass is 10.2. The molecule has 3 N–H and O–H groups in total. The fourth-order valence-electron chi connectivity index (χ4n) is 3.15. The van der Waals surface area contributed by atoms with Crippen LogP contribution in [0.2, 0.25) is 0 Å². The minimum absolute atomic E-state index is 0.00646. The van der Waals surface area contributed by atoms with Gasteiger partial charge in [-0.1, -0.05) is 24.3 Å². The van der Waals surface area contributed by atoms with E-state index in [1.54, 1.807) is 43.4 Å². The molecule has 3 rings (SSSR count). The van der Waals surface area contributed by atoms with E-state index >= 15 is 0 Å². The van der Waals surface area contributed by atoms with Gasteiger partial charge < -0.3 is 15.5 Å². The van der Waals surface area contributed by atoms with Gasteiger partial charge >= 0.3 is 12.2 Å². The highest BCUT2D eigenvalue weighted by Gasteiger charge is 2.30. The average Bonchev–Trinajstić information content (AvgIpc) is 2.78. The molecular weight excluding hydrogens is 481 g/mol. The van der Waals surface area contributed by atoms with Crippen LogP contribution in [0.5, 0.6) is 0 Å². The summed E-state index contributed by atoms with van der Waals surface area (Å²) in [6.45, 7) is 3.82. The third kappa shape index (κ3) is 6.66. The smallest absolute Gasteiger partial charge is 0.370 e. The second-order valence-electron chi connectivity index (χ2n) is 8.01. The third-order valence-corrected chi connectivity index (χ3v) is 6.53. The first kappa shape index (κ1) is 25.9. The SMILES string of the molecule is CC(C)N(C)c1ccc(S(=O)(=O)Nc2ccccc2)cc1NC(=O)Nc1cccc(C(F)(F)F)c1. The monoisotopic (exact) mass is 506 g/mol. The van der Waals surface area contributed by atoms with Gasteiger partial charge in [0.1, 0.15) is 0 Å². The molecule has 0 spiro atoms. The molecule has 0 aromatic heterocycles.